The summed E-state index contributed by atoms with van der Waals surface area (Å²) in [4.78, 5) is 11.9. The smallest absolute Gasteiger partial charge is 0.255 e. The van der Waals surface area contributed by atoms with Gasteiger partial charge in [-0.2, -0.15) is 0 Å². The Balaban J connectivity index is 2.20. The molecular formula is C18H15NO3. The molecule has 0 aliphatic carbocycles. The Labute approximate surface area is 127 Å². The fraction of sp³-hybridized carbons (Fsp3) is 0.0556. The minimum absolute atomic E-state index is 0.0445. The van der Waals surface area contributed by atoms with Gasteiger partial charge in [-0.3, -0.25) is 4.79 Å². The lowest BCUT2D eigenvalue weighted by Gasteiger charge is -2.10. The first kappa shape index (κ1) is 13.9. The Morgan fingerprint density at radius 2 is 1.73 bits per heavy atom. The van der Waals surface area contributed by atoms with Crippen LogP contribution in [0.25, 0.3) is 21.9 Å². The third-order valence-corrected chi connectivity index (χ3v) is 3.63. The number of phenols is 2. The monoisotopic (exact) mass is 293 g/mol. The molecule has 4 heteroatoms. The lowest BCUT2D eigenvalue weighted by atomic mass is 9.97. The highest BCUT2D eigenvalue weighted by Crippen LogP contribution is 2.31. The van der Waals surface area contributed by atoms with E-state index in [1.807, 2.05) is 18.2 Å². The van der Waals surface area contributed by atoms with Gasteiger partial charge in [0.2, 0.25) is 0 Å². The van der Waals surface area contributed by atoms with Crippen molar-refractivity contribution in [3.63, 3.8) is 0 Å². The van der Waals surface area contributed by atoms with Crippen molar-refractivity contribution in [2.24, 2.45) is 0 Å². The number of carbonyl (C=O) groups excluding carboxylic acids is 1. The maximum absolute atomic E-state index is 11.9. The predicted molar refractivity (Wildman–Crippen MR) is 86.1 cm³/mol. The van der Waals surface area contributed by atoms with Crippen molar-refractivity contribution >= 4 is 16.7 Å². The maximum Gasteiger partial charge on any atom is 0.255 e. The molecule has 1 amide bonds. The van der Waals surface area contributed by atoms with Gasteiger partial charge in [0.25, 0.3) is 5.91 Å². The fourth-order valence-corrected chi connectivity index (χ4v) is 2.55. The molecule has 4 nitrogen and oxygen atoms in total. The van der Waals surface area contributed by atoms with E-state index in [1.165, 1.54) is 13.1 Å². The fourth-order valence-electron chi connectivity index (χ4n) is 2.55. The summed E-state index contributed by atoms with van der Waals surface area (Å²) < 4.78 is 0. The van der Waals surface area contributed by atoms with Crippen molar-refractivity contribution in [3.05, 3.63) is 60.2 Å². The number of hydrogen-bond acceptors (Lipinski definition) is 3. The van der Waals surface area contributed by atoms with Gasteiger partial charge in [0, 0.05) is 7.05 Å². The number of fused-ring (bicyclic) bond motifs is 1. The van der Waals surface area contributed by atoms with Gasteiger partial charge in [0.1, 0.15) is 11.5 Å². The van der Waals surface area contributed by atoms with E-state index in [0.29, 0.717) is 5.39 Å². The predicted octanol–water partition coefficient (Wildman–Crippen LogP) is 3.28. The van der Waals surface area contributed by atoms with Crippen LogP contribution in [0.2, 0.25) is 0 Å². The normalized spacial score (nSPS) is 10.6. The van der Waals surface area contributed by atoms with Crippen molar-refractivity contribution in [3.8, 4) is 22.6 Å². The van der Waals surface area contributed by atoms with Crippen molar-refractivity contribution in [2.75, 3.05) is 7.05 Å². The minimum atomic E-state index is -0.326. The van der Waals surface area contributed by atoms with Crippen molar-refractivity contribution in [2.45, 2.75) is 0 Å². The van der Waals surface area contributed by atoms with Crippen LogP contribution in [0, 0.1) is 0 Å². The van der Waals surface area contributed by atoms with Crippen LogP contribution in [0.15, 0.2) is 54.6 Å². The van der Waals surface area contributed by atoms with E-state index >= 15 is 0 Å². The molecule has 0 aliphatic rings. The Morgan fingerprint density at radius 3 is 2.45 bits per heavy atom. The number of carbonyl (C=O) groups is 1. The molecule has 0 unspecified atom stereocenters. The van der Waals surface area contributed by atoms with Gasteiger partial charge in [-0.05, 0) is 46.2 Å². The summed E-state index contributed by atoms with van der Waals surface area (Å²) in [5, 5.41) is 23.6. The molecule has 0 aromatic heterocycles. The second-order valence-electron chi connectivity index (χ2n) is 5.03. The number of phenolic OH excluding ortho intramolecular Hbond substituents is 2. The van der Waals surface area contributed by atoms with E-state index in [4.69, 9.17) is 0 Å². The second kappa shape index (κ2) is 5.41. The van der Waals surface area contributed by atoms with Crippen LogP contribution in [0.1, 0.15) is 10.4 Å². The number of benzene rings is 3. The SMILES string of the molecule is CNC(=O)c1c(O)ccc2cc(-c3cccc(O)c3)ccc12. The van der Waals surface area contributed by atoms with Gasteiger partial charge in [-0.15, -0.1) is 0 Å². The Kier molecular flexibility index (Phi) is 3.43. The van der Waals surface area contributed by atoms with E-state index in [2.05, 4.69) is 5.32 Å². The van der Waals surface area contributed by atoms with Crippen molar-refractivity contribution in [1.29, 1.82) is 0 Å². The van der Waals surface area contributed by atoms with E-state index in [0.717, 1.165) is 16.5 Å². The lowest BCUT2D eigenvalue weighted by molar-refractivity contribution is 0.0962. The number of rotatable bonds is 2. The van der Waals surface area contributed by atoms with Crippen LogP contribution in [0.5, 0.6) is 11.5 Å². The van der Waals surface area contributed by atoms with Crippen LogP contribution in [0.4, 0.5) is 0 Å². The molecule has 22 heavy (non-hydrogen) atoms. The molecule has 110 valence electrons. The van der Waals surface area contributed by atoms with E-state index < -0.39 is 0 Å². The number of amides is 1. The molecule has 0 saturated carbocycles. The molecule has 3 N–H and O–H groups in total. The van der Waals surface area contributed by atoms with E-state index in [1.54, 1.807) is 30.3 Å². The zero-order chi connectivity index (χ0) is 15.7. The van der Waals surface area contributed by atoms with Crippen LogP contribution in [-0.4, -0.2) is 23.2 Å². The summed E-state index contributed by atoms with van der Waals surface area (Å²) in [6.07, 6.45) is 0. The third-order valence-electron chi connectivity index (χ3n) is 3.63. The average molecular weight is 293 g/mol. The summed E-state index contributed by atoms with van der Waals surface area (Å²) in [6.45, 7) is 0. The van der Waals surface area contributed by atoms with Crippen molar-refractivity contribution < 1.29 is 15.0 Å². The average Bonchev–Trinajstić information content (AvgIpc) is 2.53. The molecule has 3 rings (SSSR count). The van der Waals surface area contributed by atoms with E-state index in [9.17, 15) is 15.0 Å². The van der Waals surface area contributed by atoms with Gasteiger partial charge in [-0.1, -0.05) is 30.3 Å². The molecule has 0 heterocycles. The first-order chi connectivity index (χ1) is 10.6. The van der Waals surface area contributed by atoms with Crippen LogP contribution < -0.4 is 5.32 Å². The molecule has 0 radical (unpaired) electrons. The number of hydrogen-bond donors (Lipinski definition) is 3. The highest BCUT2D eigenvalue weighted by atomic mass is 16.3. The molecule has 0 fully saturated rings. The van der Waals surface area contributed by atoms with Crippen molar-refractivity contribution in [1.82, 2.24) is 5.32 Å². The summed E-state index contributed by atoms with van der Waals surface area (Å²) in [5.74, 6) is -0.167. The topological polar surface area (TPSA) is 69.6 Å². The number of aromatic hydroxyl groups is 2. The molecule has 0 spiro atoms. The molecule has 0 bridgehead atoms. The van der Waals surface area contributed by atoms with Gasteiger partial charge in [0.05, 0.1) is 5.56 Å². The first-order valence-corrected chi connectivity index (χ1v) is 6.87. The molecule has 3 aromatic carbocycles. The van der Waals surface area contributed by atoms with Crippen LogP contribution >= 0.6 is 0 Å². The standard InChI is InChI=1S/C18H15NO3/c1-19-18(22)17-15-7-5-12(9-13(15)6-8-16(17)21)11-3-2-4-14(20)10-11/h2-10,20-21H,1H3,(H,19,22). The van der Waals surface area contributed by atoms with Gasteiger partial charge < -0.3 is 15.5 Å². The zero-order valence-corrected chi connectivity index (χ0v) is 12.0. The minimum Gasteiger partial charge on any atom is -0.508 e. The summed E-state index contributed by atoms with van der Waals surface area (Å²) in [6, 6.07) is 15.9. The lowest BCUT2D eigenvalue weighted by Crippen LogP contribution is -2.18. The van der Waals surface area contributed by atoms with Crippen LogP contribution in [0.3, 0.4) is 0 Å². The molecule has 3 aromatic rings. The van der Waals surface area contributed by atoms with Gasteiger partial charge >= 0.3 is 0 Å². The molecule has 0 aliphatic heterocycles. The Hall–Kier alpha value is -3.01. The van der Waals surface area contributed by atoms with Crippen LogP contribution in [-0.2, 0) is 0 Å². The molecule has 0 atom stereocenters. The highest BCUT2D eigenvalue weighted by Gasteiger charge is 2.14. The zero-order valence-electron chi connectivity index (χ0n) is 12.0. The first-order valence-electron chi connectivity index (χ1n) is 6.87. The number of nitrogens with one attached hydrogen (secondary N) is 1. The summed E-state index contributed by atoms with van der Waals surface area (Å²) in [5.41, 5.74) is 2.08. The third kappa shape index (κ3) is 2.35. The molecule has 0 saturated heterocycles. The quantitative estimate of drug-likeness (QED) is 0.679. The largest absolute Gasteiger partial charge is 0.508 e. The van der Waals surface area contributed by atoms with Gasteiger partial charge in [0.15, 0.2) is 0 Å². The second-order valence-corrected chi connectivity index (χ2v) is 5.03. The Bertz CT molecular complexity index is 871. The summed E-state index contributed by atoms with van der Waals surface area (Å²) >= 11 is 0. The Morgan fingerprint density at radius 1 is 0.955 bits per heavy atom. The highest BCUT2D eigenvalue weighted by molar-refractivity contribution is 6.09. The summed E-state index contributed by atoms with van der Waals surface area (Å²) in [7, 11) is 1.53. The van der Waals surface area contributed by atoms with Gasteiger partial charge in [-0.25, -0.2) is 0 Å². The van der Waals surface area contributed by atoms with E-state index in [-0.39, 0.29) is 23.0 Å². The maximum atomic E-state index is 11.9. The molecular weight excluding hydrogens is 278 g/mol.